The molecular weight excluding hydrogens is 1620 g/mol. The predicted octanol–water partition coefficient (Wildman–Crippen LogP) is -1.71. The molecule has 23 atom stereocenters. The van der Waals surface area contributed by atoms with Crippen molar-refractivity contribution in [3.05, 3.63) is 91.8 Å². The van der Waals surface area contributed by atoms with Crippen molar-refractivity contribution in [2.45, 2.75) is 136 Å². The monoisotopic (exact) mass is 1690 g/mol. The maximum Gasteiger partial charge on any atom is 0.472 e. The van der Waals surface area contributed by atoms with Crippen molar-refractivity contribution in [1.82, 2.24) is 87.6 Å². The Kier molecular flexibility index (Phi) is 22.4. The Labute approximate surface area is 619 Å². The molecular formula is C52H65F2N22O31P5. The molecule has 0 radical (unpaired) electrons. The molecule has 0 amide bonds. The predicted molar refractivity (Wildman–Crippen MR) is 361 cm³/mol. The van der Waals surface area contributed by atoms with Gasteiger partial charge in [0.25, 0.3) is 16.7 Å². The average molecular weight is 1690 g/mol. The maximum absolute atomic E-state index is 17.6. The summed E-state index contributed by atoms with van der Waals surface area (Å²) in [6.45, 7) is -3.42. The molecule has 14 heterocycles. The zero-order valence-electron chi connectivity index (χ0n) is 57.2. The van der Waals surface area contributed by atoms with Gasteiger partial charge in [-0.15, -0.1) is 0 Å². The molecule has 0 aliphatic carbocycles. The van der Waals surface area contributed by atoms with Gasteiger partial charge in [0.2, 0.25) is 11.9 Å². The second kappa shape index (κ2) is 31.2. The van der Waals surface area contributed by atoms with Gasteiger partial charge in [-0.2, -0.15) is 9.97 Å². The first-order chi connectivity index (χ1) is 53.0. The van der Waals surface area contributed by atoms with Gasteiger partial charge in [-0.25, -0.2) is 76.3 Å². The number of anilines is 4. The van der Waals surface area contributed by atoms with Crippen molar-refractivity contribution >= 4 is 107 Å². The lowest BCUT2D eigenvalue weighted by atomic mass is 10.1. The topological polar surface area (TPSA) is 728 Å². The largest absolute Gasteiger partial charge is 0.472 e. The van der Waals surface area contributed by atoms with Gasteiger partial charge in [0.1, 0.15) is 91.0 Å². The first kappa shape index (κ1) is 80.4. The molecule has 0 spiro atoms. The van der Waals surface area contributed by atoms with Crippen LogP contribution in [0.2, 0.25) is 0 Å². The molecule has 9 aromatic heterocycles. The van der Waals surface area contributed by atoms with Gasteiger partial charge >= 0.3 is 44.8 Å². The number of hydrogen-bond acceptors (Lipinski definition) is 39. The van der Waals surface area contributed by atoms with E-state index in [4.69, 9.17) is 96.8 Å². The number of imidazole rings is 4. The Morgan fingerprint density at radius 3 is 1.32 bits per heavy atom. The van der Waals surface area contributed by atoms with E-state index in [2.05, 4.69) is 59.8 Å². The molecule has 5 saturated heterocycles. The van der Waals surface area contributed by atoms with E-state index in [0.717, 1.165) is 76.4 Å². The van der Waals surface area contributed by atoms with Crippen molar-refractivity contribution in [3.63, 3.8) is 0 Å². The molecule has 5 aliphatic rings. The number of phosphoric acid groups is 5. The van der Waals surface area contributed by atoms with Crippen molar-refractivity contribution in [3.8, 4) is 0 Å². The summed E-state index contributed by atoms with van der Waals surface area (Å²) in [5.41, 5.74) is 18.7. The van der Waals surface area contributed by atoms with Gasteiger partial charge in [-0.1, -0.05) is 6.92 Å². The van der Waals surface area contributed by atoms with Crippen LogP contribution in [0.1, 0.15) is 50.9 Å². The summed E-state index contributed by atoms with van der Waals surface area (Å²) >= 11 is 0. The zero-order valence-corrected chi connectivity index (χ0v) is 61.7. The third-order valence-electron chi connectivity index (χ3n) is 18.1. The first-order valence-corrected chi connectivity index (χ1v) is 40.1. The number of nitrogen functional groups attached to an aromatic ring is 4. The Morgan fingerprint density at radius 2 is 0.866 bits per heavy atom. The summed E-state index contributed by atoms with van der Waals surface area (Å²) in [5, 5.41) is 0. The Morgan fingerprint density at radius 1 is 0.473 bits per heavy atom. The number of methoxy groups -OCH3 is 2. The van der Waals surface area contributed by atoms with E-state index >= 15 is 8.78 Å². The minimum atomic E-state index is -5.97. The van der Waals surface area contributed by atoms with E-state index in [1.165, 1.54) is 10.9 Å². The standard InChI is InChI=1S/C52H65F2N22O31P5/c1-4-18-19(7-25(98-18)73-14-65-30-42(73)68-50(57)70-44(30)78)103-109(84,85)94-10-22-34(36(92-2)48(101-22)72-6-5-24(77)67-52(72)80)106-112(90,91)96-9-21-33(27(54)47(100-21)76-17-66-31-43(76)69-51(58)71-45(31)79)105-110(86,87)97-11-23-35(37(93-3)49(102-23)75-16-64-29-39(56)60-13-62-41(29)75)107-111(88,89)95-8-20-32(104-108(81,82)83)26(53)46(99-20)74-15-63-28-38(55)59-12-61-40(28)74/h5-6,12-23,25-27,32-37,46-49H,4,7-11H2,1-3H3,(H,84,85)(H,86,87)(H,88,89)(H,90,91)(H2,55,59,61)(H2,56,60,62)(H,67,77,80)(H2,81,82,83)(H3,57,68,70,78)(H3,58,69,71,79)/t18-,19?,20-,21-,22-,23-,25-,26+,27+,32?,33?,34?,35?,36+,37+,46-,47-,48-,49-/m1/s1. The number of ether oxygens (including phenoxy) is 7. The number of nitrogens with two attached hydrogens (primary N) is 4. The molecule has 14 rings (SSSR count). The molecule has 0 saturated carbocycles. The Hall–Kier alpha value is -8.19. The number of rotatable bonds is 30. The smallest absolute Gasteiger partial charge is 0.382 e. The Balaban J connectivity index is 0.707. The van der Waals surface area contributed by atoms with E-state index in [1.54, 1.807) is 6.92 Å². The SMILES string of the molecule is CC[C@H]1O[C@@H](n2cnc3c(=O)[nH]c(N)nc32)CC1OP(=O)(O)OC[C@H]1O[C@@H](n2ccc(=O)[nH]c2=O)[C@@H](OC)C1OP(=O)(O)OC[C@H]1O[C@@H](n2cnc3c(=O)[nH]c(N)nc32)[C@@H](F)C1OP(=O)(O)OC[C@H]1O[C@@H](n2cnc3c(N)ncnc32)[C@@H](OC)C1OP(=O)(O)OC[C@H]1O[C@@H](n2cnc3c(N)ncnc32)[C@@H](F)C1OP(=O)(O)O. The number of aromatic nitrogens is 18. The molecule has 0 bridgehead atoms. The highest BCUT2D eigenvalue weighted by Gasteiger charge is 2.58. The number of phosphoric ester groups is 5. The number of fused-ring (bicyclic) bond motifs is 4. The normalized spacial score (nSPS) is 30.6. The van der Waals surface area contributed by atoms with Gasteiger partial charge in [0, 0.05) is 32.9 Å². The molecule has 9 aromatic rings. The van der Waals surface area contributed by atoms with Crippen LogP contribution in [0.3, 0.4) is 0 Å². The second-order valence-electron chi connectivity index (χ2n) is 25.0. The number of nitrogens with zero attached hydrogens (tertiary/aromatic N) is 15. The van der Waals surface area contributed by atoms with Crippen LogP contribution >= 0.6 is 39.1 Å². The van der Waals surface area contributed by atoms with Crippen molar-refractivity contribution in [2.24, 2.45) is 0 Å². The molecule has 60 heteroatoms. The molecule has 17 N–H and O–H groups in total. The van der Waals surface area contributed by atoms with Crippen LogP contribution in [0.5, 0.6) is 0 Å². The van der Waals surface area contributed by atoms with E-state index in [0.29, 0.717) is 0 Å². The van der Waals surface area contributed by atoms with Crippen LogP contribution in [0.25, 0.3) is 44.7 Å². The van der Waals surface area contributed by atoms with Crippen molar-refractivity contribution in [1.29, 1.82) is 0 Å². The summed E-state index contributed by atoms with van der Waals surface area (Å²) in [7, 11) is -26.4. The van der Waals surface area contributed by atoms with Crippen LogP contribution in [0, 0.1) is 0 Å². The zero-order chi connectivity index (χ0) is 80.0. The molecule has 5 aliphatic heterocycles. The highest BCUT2D eigenvalue weighted by Crippen LogP contribution is 2.57. The average Bonchev–Trinajstić information content (AvgIpc) is 1.62. The fourth-order valence-electron chi connectivity index (χ4n) is 13.2. The van der Waals surface area contributed by atoms with E-state index < -0.39 is 222 Å². The minimum Gasteiger partial charge on any atom is -0.382 e. The number of nitrogens with one attached hydrogen (secondary N) is 3. The van der Waals surface area contributed by atoms with Gasteiger partial charge in [0.05, 0.1) is 63.9 Å². The molecule has 112 heavy (non-hydrogen) atoms. The number of alkyl halides is 2. The molecule has 9 unspecified atom stereocenters. The third-order valence-corrected chi connectivity index (χ3v) is 22.6. The minimum absolute atomic E-state index is 0.0106. The van der Waals surface area contributed by atoms with Gasteiger partial charge in [-0.3, -0.25) is 92.9 Å². The highest BCUT2D eigenvalue weighted by molar-refractivity contribution is 7.48. The molecule has 608 valence electrons. The molecule has 5 fully saturated rings. The molecule has 53 nitrogen and oxygen atoms in total. The van der Waals surface area contributed by atoms with E-state index in [9.17, 15) is 71.4 Å². The van der Waals surface area contributed by atoms with Crippen LogP contribution in [-0.2, 0) is 96.7 Å². The first-order valence-electron chi connectivity index (χ1n) is 32.6. The van der Waals surface area contributed by atoms with E-state index in [-0.39, 0.29) is 63.9 Å². The highest BCUT2D eigenvalue weighted by atomic mass is 31.2. The molecule has 0 aromatic carbocycles. The van der Waals surface area contributed by atoms with Gasteiger partial charge in [0.15, 0.2) is 82.5 Å². The van der Waals surface area contributed by atoms with E-state index in [1.807, 2.05) is 4.98 Å². The summed E-state index contributed by atoms with van der Waals surface area (Å²) < 4.78 is 198. The van der Waals surface area contributed by atoms with Crippen LogP contribution in [0.4, 0.5) is 32.3 Å². The second-order valence-corrected chi connectivity index (χ2v) is 31.8. The summed E-state index contributed by atoms with van der Waals surface area (Å²) in [4.78, 5) is 164. The maximum atomic E-state index is 17.6. The lowest BCUT2D eigenvalue weighted by Gasteiger charge is -2.27. The summed E-state index contributed by atoms with van der Waals surface area (Å²) in [6, 6.07) is 0.885. The lowest BCUT2D eigenvalue weighted by Crippen LogP contribution is -2.40. The lowest BCUT2D eigenvalue weighted by molar-refractivity contribution is -0.0647. The quantitative estimate of drug-likeness (QED) is 0.0223. The van der Waals surface area contributed by atoms with Crippen LogP contribution in [-0.4, -0.2) is 243 Å². The van der Waals surface area contributed by atoms with Crippen LogP contribution < -0.4 is 45.3 Å². The van der Waals surface area contributed by atoms with Gasteiger partial charge in [-0.05, 0) is 6.42 Å². The van der Waals surface area contributed by atoms with Crippen molar-refractivity contribution < 1.29 is 135 Å². The van der Waals surface area contributed by atoms with Crippen LogP contribution in [0.15, 0.2) is 69.4 Å². The van der Waals surface area contributed by atoms with Gasteiger partial charge < -0.3 is 85.5 Å². The summed E-state index contributed by atoms with van der Waals surface area (Å²) in [6.07, 6.45) is -28.9. The summed E-state index contributed by atoms with van der Waals surface area (Å²) in [5.74, 6) is -1.07. The van der Waals surface area contributed by atoms with Crippen molar-refractivity contribution in [2.75, 3.05) is 63.6 Å². The number of hydrogen-bond donors (Lipinski definition) is 13. The number of H-pyrrole nitrogens is 3. The third kappa shape index (κ3) is 16.3. The fourth-order valence-corrected chi connectivity index (χ4v) is 17.6. The number of aromatic amines is 3. The Bertz CT molecular complexity index is 5540. The number of halogens is 2. The fraction of sp³-hybridized carbons (Fsp3) is 0.538.